The summed E-state index contributed by atoms with van der Waals surface area (Å²) in [5.41, 5.74) is 1.47. The molecule has 2 rings (SSSR count). The van der Waals surface area contributed by atoms with E-state index < -0.39 is 11.9 Å². The molecule has 0 saturated heterocycles. The predicted molar refractivity (Wildman–Crippen MR) is 81.4 cm³/mol. The average Bonchev–Trinajstić information content (AvgIpc) is 2.92. The molecule has 0 aliphatic rings. The van der Waals surface area contributed by atoms with Crippen molar-refractivity contribution in [2.24, 2.45) is 5.92 Å². The molecule has 1 heterocycles. The molecular formula is C16H20N2O4. The number of fused-ring (bicyclic) bond motifs is 1. The first-order chi connectivity index (χ1) is 10.6. The number of aromatic nitrogens is 1. The van der Waals surface area contributed by atoms with Gasteiger partial charge in [-0.25, -0.2) is 4.98 Å². The van der Waals surface area contributed by atoms with Crippen molar-refractivity contribution in [3.8, 4) is 0 Å². The quantitative estimate of drug-likeness (QED) is 0.781. The summed E-state index contributed by atoms with van der Waals surface area (Å²) in [7, 11) is 0. The van der Waals surface area contributed by atoms with Gasteiger partial charge in [0, 0.05) is 19.4 Å². The maximum absolute atomic E-state index is 11.8. The van der Waals surface area contributed by atoms with Crippen LogP contribution < -0.4 is 5.32 Å². The van der Waals surface area contributed by atoms with Gasteiger partial charge in [-0.05, 0) is 18.6 Å². The lowest BCUT2D eigenvalue weighted by Gasteiger charge is -2.11. The summed E-state index contributed by atoms with van der Waals surface area (Å²) in [5.74, 6) is -1.08. The van der Waals surface area contributed by atoms with Crippen molar-refractivity contribution in [3.05, 3.63) is 30.2 Å². The molecule has 1 unspecified atom stereocenters. The van der Waals surface area contributed by atoms with Gasteiger partial charge < -0.3 is 14.8 Å². The van der Waals surface area contributed by atoms with E-state index in [4.69, 9.17) is 9.52 Å². The summed E-state index contributed by atoms with van der Waals surface area (Å²) in [5, 5.41) is 11.7. The van der Waals surface area contributed by atoms with Crippen LogP contribution in [0.15, 0.2) is 28.7 Å². The number of benzene rings is 1. The Hall–Kier alpha value is -2.37. The van der Waals surface area contributed by atoms with Gasteiger partial charge in [-0.15, -0.1) is 0 Å². The van der Waals surface area contributed by atoms with E-state index in [1.165, 1.54) is 0 Å². The summed E-state index contributed by atoms with van der Waals surface area (Å²) in [4.78, 5) is 27.1. The Morgan fingerprint density at radius 2 is 2.14 bits per heavy atom. The summed E-state index contributed by atoms with van der Waals surface area (Å²) >= 11 is 0. The molecule has 0 saturated carbocycles. The lowest BCUT2D eigenvalue weighted by molar-refractivity contribution is -0.141. The lowest BCUT2D eigenvalue weighted by Crippen LogP contribution is -2.33. The van der Waals surface area contributed by atoms with Gasteiger partial charge in [-0.3, -0.25) is 9.59 Å². The maximum atomic E-state index is 11.8. The highest BCUT2D eigenvalue weighted by atomic mass is 16.4. The zero-order chi connectivity index (χ0) is 15.9. The number of carbonyl (C=O) groups excluding carboxylic acids is 1. The van der Waals surface area contributed by atoms with E-state index in [1.54, 1.807) is 0 Å². The van der Waals surface area contributed by atoms with Gasteiger partial charge in [0.2, 0.25) is 5.91 Å². The number of carboxylic acid groups (broad SMARTS) is 1. The Bertz CT molecular complexity index is 617. The Balaban J connectivity index is 1.81. The van der Waals surface area contributed by atoms with Crippen LogP contribution in [0.3, 0.4) is 0 Å². The maximum Gasteiger partial charge on any atom is 0.308 e. The largest absolute Gasteiger partial charge is 0.481 e. The van der Waals surface area contributed by atoms with Crippen molar-refractivity contribution in [1.82, 2.24) is 10.3 Å². The van der Waals surface area contributed by atoms with E-state index >= 15 is 0 Å². The number of nitrogens with zero attached hydrogens (tertiary/aromatic N) is 1. The molecule has 0 bridgehead atoms. The lowest BCUT2D eigenvalue weighted by atomic mass is 10.0. The van der Waals surface area contributed by atoms with Gasteiger partial charge in [-0.2, -0.15) is 0 Å². The van der Waals surface area contributed by atoms with E-state index in [0.717, 1.165) is 11.9 Å². The molecule has 0 radical (unpaired) electrons. The zero-order valence-electron chi connectivity index (χ0n) is 12.5. The van der Waals surface area contributed by atoms with Crippen LogP contribution in [-0.4, -0.2) is 28.5 Å². The number of amides is 1. The van der Waals surface area contributed by atoms with E-state index in [9.17, 15) is 9.59 Å². The molecule has 0 spiro atoms. The molecule has 0 aliphatic carbocycles. The highest BCUT2D eigenvalue weighted by Gasteiger charge is 2.17. The molecule has 0 fully saturated rings. The fourth-order valence-corrected chi connectivity index (χ4v) is 2.23. The van der Waals surface area contributed by atoms with E-state index in [0.29, 0.717) is 24.3 Å². The van der Waals surface area contributed by atoms with Crippen molar-refractivity contribution < 1.29 is 19.1 Å². The molecule has 6 heteroatoms. The van der Waals surface area contributed by atoms with Crippen LogP contribution in [0.2, 0.25) is 0 Å². The van der Waals surface area contributed by atoms with E-state index in [2.05, 4.69) is 10.3 Å². The van der Waals surface area contributed by atoms with Crippen LogP contribution in [-0.2, 0) is 16.0 Å². The number of hydrogen-bond donors (Lipinski definition) is 2. The van der Waals surface area contributed by atoms with Crippen LogP contribution in [0.4, 0.5) is 0 Å². The van der Waals surface area contributed by atoms with Crippen molar-refractivity contribution in [2.75, 3.05) is 6.54 Å². The summed E-state index contributed by atoms with van der Waals surface area (Å²) in [6.07, 6.45) is 1.95. The molecule has 1 aromatic carbocycles. The average molecular weight is 304 g/mol. The van der Waals surface area contributed by atoms with Gasteiger partial charge in [-0.1, -0.05) is 25.5 Å². The fraction of sp³-hybridized carbons (Fsp3) is 0.438. The molecule has 118 valence electrons. The highest BCUT2D eigenvalue weighted by molar-refractivity contribution is 5.77. The van der Waals surface area contributed by atoms with Crippen molar-refractivity contribution in [3.63, 3.8) is 0 Å². The zero-order valence-corrected chi connectivity index (χ0v) is 12.5. The highest BCUT2D eigenvalue weighted by Crippen LogP contribution is 2.15. The van der Waals surface area contributed by atoms with Crippen LogP contribution in [0.5, 0.6) is 0 Å². The number of aliphatic carboxylic acids is 1. The molecule has 1 atom stereocenters. The molecule has 22 heavy (non-hydrogen) atoms. The molecule has 2 N–H and O–H groups in total. The minimum Gasteiger partial charge on any atom is -0.481 e. The van der Waals surface area contributed by atoms with Gasteiger partial charge in [0.05, 0.1) is 5.92 Å². The number of rotatable bonds is 8. The molecule has 1 amide bonds. The third-order valence-corrected chi connectivity index (χ3v) is 3.44. The molecule has 1 aromatic heterocycles. The second-order valence-corrected chi connectivity index (χ2v) is 5.20. The van der Waals surface area contributed by atoms with Crippen LogP contribution in [0.1, 0.15) is 32.1 Å². The van der Waals surface area contributed by atoms with Gasteiger partial charge in [0.25, 0.3) is 0 Å². The van der Waals surface area contributed by atoms with Crippen molar-refractivity contribution >= 4 is 23.0 Å². The van der Waals surface area contributed by atoms with Crippen molar-refractivity contribution in [1.29, 1.82) is 0 Å². The summed E-state index contributed by atoms with van der Waals surface area (Å²) in [6.45, 7) is 2.08. The number of oxazole rings is 1. The number of carboxylic acids is 1. The first kappa shape index (κ1) is 16.0. The number of para-hydroxylation sites is 2. The van der Waals surface area contributed by atoms with E-state index in [1.807, 2.05) is 31.2 Å². The minimum absolute atomic E-state index is 0.162. The second kappa shape index (κ2) is 7.59. The SMILES string of the molecule is CCCC(CNC(=O)CCc1nc2ccccc2o1)C(=O)O. The molecule has 0 aliphatic heterocycles. The van der Waals surface area contributed by atoms with Crippen LogP contribution >= 0.6 is 0 Å². The first-order valence-corrected chi connectivity index (χ1v) is 7.44. The molecular weight excluding hydrogens is 284 g/mol. The summed E-state index contributed by atoms with van der Waals surface area (Å²) < 4.78 is 5.54. The number of aryl methyl sites for hydroxylation is 1. The number of nitrogens with one attached hydrogen (secondary N) is 1. The van der Waals surface area contributed by atoms with Gasteiger partial charge in [0.1, 0.15) is 5.52 Å². The monoisotopic (exact) mass is 304 g/mol. The third kappa shape index (κ3) is 4.31. The standard InChI is InChI=1S/C16H20N2O4/c1-2-5-11(16(20)21)10-17-14(19)8-9-15-18-12-6-3-4-7-13(12)22-15/h3-4,6-7,11H,2,5,8-10H2,1H3,(H,17,19)(H,20,21). The van der Waals surface area contributed by atoms with E-state index in [-0.39, 0.29) is 18.9 Å². The summed E-state index contributed by atoms with van der Waals surface area (Å²) in [6, 6.07) is 7.42. The van der Waals surface area contributed by atoms with Crippen molar-refractivity contribution in [2.45, 2.75) is 32.6 Å². The van der Waals surface area contributed by atoms with Crippen LogP contribution in [0.25, 0.3) is 11.1 Å². The third-order valence-electron chi connectivity index (χ3n) is 3.44. The normalized spacial score (nSPS) is 12.2. The molecule has 2 aromatic rings. The Morgan fingerprint density at radius 3 is 2.82 bits per heavy atom. The second-order valence-electron chi connectivity index (χ2n) is 5.20. The Morgan fingerprint density at radius 1 is 1.36 bits per heavy atom. The van der Waals surface area contributed by atoms with Gasteiger partial charge in [0.15, 0.2) is 11.5 Å². The topological polar surface area (TPSA) is 92.4 Å². The van der Waals surface area contributed by atoms with Crippen LogP contribution in [0, 0.1) is 5.92 Å². The Labute approximate surface area is 128 Å². The smallest absolute Gasteiger partial charge is 0.308 e. The fourth-order valence-electron chi connectivity index (χ4n) is 2.23. The first-order valence-electron chi connectivity index (χ1n) is 7.44. The minimum atomic E-state index is -0.874. The van der Waals surface area contributed by atoms with Gasteiger partial charge >= 0.3 is 5.97 Å². The Kier molecular flexibility index (Phi) is 5.52. The number of hydrogen-bond acceptors (Lipinski definition) is 4. The predicted octanol–water partition coefficient (Wildman–Crippen LogP) is 2.38. The molecule has 6 nitrogen and oxygen atoms in total. The number of carbonyl (C=O) groups is 2.